The third kappa shape index (κ3) is 6.78. The molecule has 1 atom stereocenters. The van der Waals surface area contributed by atoms with E-state index in [4.69, 9.17) is 4.98 Å². The molecule has 0 radical (unpaired) electrons. The average Bonchev–Trinajstić information content (AvgIpc) is 3.37. The summed E-state index contributed by atoms with van der Waals surface area (Å²) >= 11 is 1.50. The molecule has 0 spiro atoms. The minimum Gasteiger partial charge on any atom is -0.382 e. The van der Waals surface area contributed by atoms with Crippen molar-refractivity contribution in [3.8, 4) is 11.5 Å². The van der Waals surface area contributed by atoms with E-state index in [9.17, 15) is 9.18 Å². The molecule has 3 aliphatic heterocycles. The predicted octanol–water partition coefficient (Wildman–Crippen LogP) is 6.27. The number of nitrogens with zero attached hydrogens (tertiary/aromatic N) is 3. The monoisotopic (exact) mass is 546 g/mol. The quantitative estimate of drug-likeness (QED) is 0.204. The number of pyridine rings is 1. The maximum absolute atomic E-state index is 13.7. The summed E-state index contributed by atoms with van der Waals surface area (Å²) in [7, 11) is 0. The number of fused-ring (bicyclic) bond motifs is 1. The molecule has 39 heavy (non-hydrogen) atoms. The van der Waals surface area contributed by atoms with Crippen molar-refractivity contribution < 1.29 is 9.18 Å². The maximum Gasteiger partial charge on any atom is 0.247 e. The summed E-state index contributed by atoms with van der Waals surface area (Å²) in [4.78, 5) is 23.2. The molecule has 9 heteroatoms. The standard InChI is InChI=1S/C30H35FN6OS/c1-3-5-27(29(38)34-26-18-24(12-7-20(26)2)33-23-13-15-32-16-14-23)37-17-4-6-25-28(37)36-30(35-25)39-19-21-8-10-22(31)11-9-21/h4,6-12,17-18,23,27,32-33H,3,5,13-16,19H2,1-2H3,(H,34,38). The molecule has 1 fully saturated rings. The third-order valence-corrected chi connectivity index (χ3v) is 8.00. The second-order valence-corrected chi connectivity index (χ2v) is 11.0. The number of imidazole rings is 1. The van der Waals surface area contributed by atoms with Gasteiger partial charge in [-0.1, -0.05) is 43.3 Å². The van der Waals surface area contributed by atoms with Gasteiger partial charge in [0, 0.05) is 29.4 Å². The van der Waals surface area contributed by atoms with Gasteiger partial charge in [-0.25, -0.2) is 14.4 Å². The van der Waals surface area contributed by atoms with Gasteiger partial charge < -0.3 is 20.5 Å². The number of rotatable bonds is 10. The predicted molar refractivity (Wildman–Crippen MR) is 156 cm³/mol. The molecular formula is C30H35FN6OS. The lowest BCUT2D eigenvalue weighted by Gasteiger charge is -2.25. The molecule has 1 amide bonds. The first-order valence-electron chi connectivity index (χ1n) is 13.6. The minimum absolute atomic E-state index is 0.0695. The Morgan fingerprint density at radius 2 is 1.95 bits per heavy atom. The third-order valence-electron chi connectivity index (χ3n) is 7.08. The van der Waals surface area contributed by atoms with Gasteiger partial charge in [0.15, 0.2) is 11.0 Å². The molecule has 0 aromatic heterocycles. The van der Waals surface area contributed by atoms with Crippen LogP contribution in [0.25, 0.3) is 11.5 Å². The number of halogens is 1. The van der Waals surface area contributed by atoms with Crippen LogP contribution in [0, 0.1) is 12.7 Å². The van der Waals surface area contributed by atoms with Gasteiger partial charge in [0.1, 0.15) is 17.6 Å². The molecule has 3 N–H and O–H groups in total. The van der Waals surface area contributed by atoms with Gasteiger partial charge in [-0.3, -0.25) is 4.79 Å². The fraction of sp³-hybridized carbons (Fsp3) is 0.367. The Morgan fingerprint density at radius 1 is 1.15 bits per heavy atom. The first-order valence-corrected chi connectivity index (χ1v) is 14.6. The lowest BCUT2D eigenvalue weighted by atomic mass is 10.1. The van der Waals surface area contributed by atoms with Crippen molar-refractivity contribution in [3.05, 3.63) is 77.7 Å². The van der Waals surface area contributed by atoms with E-state index in [-0.39, 0.29) is 11.7 Å². The molecule has 1 unspecified atom stereocenters. The fourth-order valence-electron chi connectivity index (χ4n) is 4.90. The molecule has 0 saturated carbocycles. The number of hydrogen-bond acceptors (Lipinski definition) is 6. The number of carbonyl (C=O) groups is 1. The molecule has 0 bridgehead atoms. The average molecular weight is 547 g/mol. The highest BCUT2D eigenvalue weighted by Crippen LogP contribution is 2.31. The van der Waals surface area contributed by atoms with Gasteiger partial charge in [0.05, 0.1) is 0 Å². The highest BCUT2D eigenvalue weighted by Gasteiger charge is 2.25. The molecule has 204 valence electrons. The van der Waals surface area contributed by atoms with Gasteiger partial charge in [0.25, 0.3) is 0 Å². The van der Waals surface area contributed by atoms with Gasteiger partial charge in [-0.2, -0.15) is 0 Å². The van der Waals surface area contributed by atoms with Gasteiger partial charge in [-0.15, -0.1) is 0 Å². The van der Waals surface area contributed by atoms with E-state index in [1.807, 2.05) is 35.9 Å². The van der Waals surface area contributed by atoms with Gasteiger partial charge in [-0.05, 0) is 86.8 Å². The van der Waals surface area contributed by atoms with Crippen molar-refractivity contribution in [1.29, 1.82) is 0 Å². The summed E-state index contributed by atoms with van der Waals surface area (Å²) < 4.78 is 15.2. The largest absolute Gasteiger partial charge is 0.382 e. The molecule has 1 saturated heterocycles. The Kier molecular flexibility index (Phi) is 8.78. The Balaban J connectivity index is 1.33. The fourth-order valence-corrected chi connectivity index (χ4v) is 5.71. The molecule has 2 aromatic rings. The lowest BCUT2D eigenvalue weighted by molar-refractivity contribution is -0.119. The number of aromatic nitrogens is 3. The molecule has 3 aliphatic rings. The van der Waals surface area contributed by atoms with Crippen LogP contribution < -0.4 is 16.0 Å². The number of anilines is 2. The zero-order valence-corrected chi connectivity index (χ0v) is 23.2. The van der Waals surface area contributed by atoms with E-state index in [2.05, 4.69) is 40.0 Å². The van der Waals surface area contributed by atoms with Crippen molar-refractivity contribution in [2.24, 2.45) is 0 Å². The number of aryl methyl sites for hydroxylation is 1. The molecule has 7 nitrogen and oxygen atoms in total. The number of amides is 1. The van der Waals surface area contributed by atoms with Gasteiger partial charge in [0.2, 0.25) is 5.91 Å². The van der Waals surface area contributed by atoms with Crippen LogP contribution in [0.4, 0.5) is 15.8 Å². The van der Waals surface area contributed by atoms with Crippen LogP contribution in [0.2, 0.25) is 0 Å². The number of thioether (sulfide) groups is 1. The molecule has 5 rings (SSSR count). The van der Waals surface area contributed by atoms with E-state index < -0.39 is 6.04 Å². The highest BCUT2D eigenvalue weighted by atomic mass is 32.2. The van der Waals surface area contributed by atoms with Crippen LogP contribution in [-0.2, 0) is 10.5 Å². The van der Waals surface area contributed by atoms with Crippen molar-refractivity contribution in [1.82, 2.24) is 19.9 Å². The minimum atomic E-state index is -0.425. The van der Waals surface area contributed by atoms with E-state index in [1.165, 1.54) is 23.9 Å². The molecule has 0 aliphatic carbocycles. The van der Waals surface area contributed by atoms with Crippen molar-refractivity contribution in [3.63, 3.8) is 0 Å². The normalized spacial score (nSPS) is 14.8. The van der Waals surface area contributed by atoms with E-state index in [0.29, 0.717) is 29.2 Å². The summed E-state index contributed by atoms with van der Waals surface area (Å²) in [5.41, 5.74) is 4.60. The number of nitrogens with one attached hydrogen (secondary N) is 3. The molecule has 2 aromatic carbocycles. The van der Waals surface area contributed by atoms with E-state index in [0.717, 1.165) is 60.5 Å². The number of benzene rings is 2. The SMILES string of the molecule is CCCC(C(=O)Nc1cc(NC2CCNCC2)ccc1C)n1cccc2nc(SCc3ccc(F)cc3)nc1-2. The van der Waals surface area contributed by atoms with Crippen molar-refractivity contribution in [2.75, 3.05) is 23.7 Å². The number of piperidine rings is 1. The summed E-state index contributed by atoms with van der Waals surface area (Å²) in [6.45, 7) is 6.13. The summed E-state index contributed by atoms with van der Waals surface area (Å²) in [6, 6.07) is 16.5. The second kappa shape index (κ2) is 12.6. The number of hydrogen-bond donors (Lipinski definition) is 3. The lowest BCUT2D eigenvalue weighted by Crippen LogP contribution is -2.35. The Morgan fingerprint density at radius 3 is 2.72 bits per heavy atom. The Labute approximate surface area is 233 Å². The highest BCUT2D eigenvalue weighted by molar-refractivity contribution is 7.98. The first kappa shape index (κ1) is 27.1. The van der Waals surface area contributed by atoms with Crippen LogP contribution in [0.15, 0.2) is 66.0 Å². The van der Waals surface area contributed by atoms with Crippen LogP contribution in [0.5, 0.6) is 0 Å². The van der Waals surface area contributed by atoms with Crippen LogP contribution in [0.1, 0.15) is 49.8 Å². The smallest absolute Gasteiger partial charge is 0.247 e. The van der Waals surface area contributed by atoms with Crippen LogP contribution >= 0.6 is 11.8 Å². The summed E-state index contributed by atoms with van der Waals surface area (Å²) in [5.74, 6) is 1.00. The van der Waals surface area contributed by atoms with Crippen LogP contribution in [-0.4, -0.2) is 39.6 Å². The second-order valence-electron chi connectivity index (χ2n) is 10.0. The van der Waals surface area contributed by atoms with Gasteiger partial charge >= 0.3 is 0 Å². The van der Waals surface area contributed by atoms with Crippen molar-refractivity contribution >= 4 is 29.0 Å². The Hall–Kier alpha value is -3.43. The summed E-state index contributed by atoms with van der Waals surface area (Å²) in [6.07, 6.45) is 5.59. The summed E-state index contributed by atoms with van der Waals surface area (Å²) in [5, 5.41) is 10.9. The van der Waals surface area contributed by atoms with E-state index in [1.54, 1.807) is 12.1 Å². The topological polar surface area (TPSA) is 83.9 Å². The van der Waals surface area contributed by atoms with Crippen molar-refractivity contribution in [2.45, 2.75) is 62.5 Å². The van der Waals surface area contributed by atoms with Crippen LogP contribution in [0.3, 0.4) is 0 Å². The zero-order chi connectivity index (χ0) is 27.2. The Bertz CT molecular complexity index is 1370. The maximum atomic E-state index is 13.7. The van der Waals surface area contributed by atoms with E-state index >= 15 is 0 Å². The first-order chi connectivity index (χ1) is 19.0. The molecule has 3 heterocycles. The number of carbonyl (C=O) groups excluding carboxylic acids is 1. The zero-order valence-electron chi connectivity index (χ0n) is 22.4. The molecular weight excluding hydrogens is 511 g/mol.